The summed E-state index contributed by atoms with van der Waals surface area (Å²) in [5.41, 5.74) is -0.780. The van der Waals surface area contributed by atoms with Gasteiger partial charge in [-0.15, -0.1) is 0 Å². The summed E-state index contributed by atoms with van der Waals surface area (Å²) < 4.78 is 196. The first-order chi connectivity index (χ1) is 13.9. The maximum Gasteiger partial charge on any atom is 0.460 e. The highest BCUT2D eigenvalue weighted by molar-refractivity contribution is 14.1. The Morgan fingerprint density at radius 3 is 1.41 bits per heavy atom. The zero-order chi connectivity index (χ0) is 25.8. The maximum atomic E-state index is 13.7. The van der Waals surface area contributed by atoms with Gasteiger partial charge in [-0.25, -0.2) is 0 Å². The number of halogens is 16. The van der Waals surface area contributed by atoms with Crippen LogP contribution in [0.3, 0.4) is 0 Å². The quantitative estimate of drug-likeness (QED) is 0.272. The highest BCUT2D eigenvalue weighted by Crippen LogP contribution is 2.62. The van der Waals surface area contributed by atoms with Crippen molar-refractivity contribution >= 4 is 34.2 Å². The van der Waals surface area contributed by atoms with Crippen molar-refractivity contribution in [2.24, 2.45) is 0 Å². The first-order valence-corrected chi connectivity index (χ1v) is 8.38. The predicted octanol–water partition coefficient (Wildman–Crippen LogP) is 6.60. The summed E-state index contributed by atoms with van der Waals surface area (Å²) in [7, 11) is 0. The zero-order valence-corrected chi connectivity index (χ0v) is 16.4. The first-order valence-electron chi connectivity index (χ1n) is 7.31. The third-order valence-corrected chi connectivity index (χ3v) is 4.68. The maximum absolute atomic E-state index is 13.7. The lowest BCUT2D eigenvalue weighted by molar-refractivity contribution is -0.449. The van der Waals surface area contributed by atoms with Crippen LogP contribution in [-0.2, 0) is 4.79 Å². The van der Waals surface area contributed by atoms with Crippen LogP contribution >= 0.6 is 22.6 Å². The number of carbonyl (C=O) groups excluding carboxylic acids is 1. The van der Waals surface area contributed by atoms with E-state index < -0.39 is 53.3 Å². The molecule has 0 aliphatic rings. The summed E-state index contributed by atoms with van der Waals surface area (Å²) >= 11 is 1.29. The van der Waals surface area contributed by atoms with Crippen molar-refractivity contribution in [3.8, 4) is 0 Å². The molecule has 1 N–H and O–H groups in total. The number of rotatable bonds is 7. The van der Waals surface area contributed by atoms with E-state index in [1.54, 1.807) is 0 Å². The van der Waals surface area contributed by atoms with Crippen molar-refractivity contribution in [2.75, 3.05) is 5.32 Å². The third-order valence-electron chi connectivity index (χ3n) is 3.73. The molecule has 0 spiro atoms. The molecule has 1 aromatic carbocycles. The second-order valence-electron chi connectivity index (χ2n) is 5.88. The fraction of sp³-hybridized carbons (Fsp3) is 0.500. The molecule has 184 valence electrons. The summed E-state index contributed by atoms with van der Waals surface area (Å²) in [4.78, 5) is 11.4. The van der Waals surface area contributed by atoms with Gasteiger partial charge in [-0.2, -0.15) is 65.9 Å². The fourth-order valence-corrected chi connectivity index (χ4v) is 2.39. The molecular formula is C14H5F15INO. The number of nitrogens with one attached hydrogen (secondary N) is 1. The van der Waals surface area contributed by atoms with Crippen molar-refractivity contribution in [3.63, 3.8) is 0 Å². The Morgan fingerprint density at radius 1 is 0.625 bits per heavy atom. The molecule has 1 amide bonds. The van der Waals surface area contributed by atoms with E-state index in [0.717, 1.165) is 23.5 Å². The zero-order valence-electron chi connectivity index (χ0n) is 14.3. The number of amides is 1. The van der Waals surface area contributed by atoms with E-state index in [9.17, 15) is 70.7 Å². The molecular weight excluding hydrogens is 610 g/mol. The summed E-state index contributed by atoms with van der Waals surface area (Å²) in [5.74, 6) is -51.5. The molecule has 0 radical (unpaired) electrons. The molecule has 0 aliphatic heterocycles. The molecule has 0 saturated carbocycles. The number of alkyl halides is 15. The van der Waals surface area contributed by atoms with Crippen LogP contribution in [0, 0.1) is 3.57 Å². The molecule has 0 unspecified atom stereocenters. The lowest BCUT2D eigenvalue weighted by atomic mass is 9.91. The fourth-order valence-electron chi connectivity index (χ4n) is 1.87. The van der Waals surface area contributed by atoms with Crippen LogP contribution in [0.15, 0.2) is 24.3 Å². The van der Waals surface area contributed by atoms with Crippen LogP contribution in [0.5, 0.6) is 0 Å². The minimum atomic E-state index is -8.44. The summed E-state index contributed by atoms with van der Waals surface area (Å²) in [6.45, 7) is 0. The average Bonchev–Trinajstić information content (AvgIpc) is 2.61. The van der Waals surface area contributed by atoms with Gasteiger partial charge < -0.3 is 5.32 Å². The van der Waals surface area contributed by atoms with E-state index in [4.69, 9.17) is 0 Å². The largest absolute Gasteiger partial charge is 0.460 e. The summed E-state index contributed by atoms with van der Waals surface area (Å²) in [6.07, 6.45) is -7.69. The van der Waals surface area contributed by atoms with Crippen molar-refractivity contribution in [3.05, 3.63) is 27.8 Å². The molecule has 0 heterocycles. The Balaban J connectivity index is 3.51. The van der Waals surface area contributed by atoms with Gasteiger partial charge in [0.05, 0.1) is 5.69 Å². The van der Waals surface area contributed by atoms with Crippen LogP contribution in [0.1, 0.15) is 0 Å². The van der Waals surface area contributed by atoms with Crippen LogP contribution in [-0.4, -0.2) is 47.6 Å². The molecule has 0 fully saturated rings. The van der Waals surface area contributed by atoms with Gasteiger partial charge in [0.15, 0.2) is 0 Å². The lowest BCUT2D eigenvalue weighted by Crippen LogP contribution is -2.73. The Bertz CT molecular complexity index is 864. The Morgan fingerprint density at radius 2 is 1.00 bits per heavy atom. The molecule has 0 saturated heterocycles. The number of benzene rings is 1. The van der Waals surface area contributed by atoms with Crippen molar-refractivity contribution < 1.29 is 70.7 Å². The van der Waals surface area contributed by atoms with Gasteiger partial charge in [-0.1, -0.05) is 12.1 Å². The summed E-state index contributed by atoms with van der Waals surface area (Å²) in [5, 5.41) is 0.903. The smallest absolute Gasteiger partial charge is 0.320 e. The Labute approximate surface area is 180 Å². The monoisotopic (exact) mass is 615 g/mol. The highest BCUT2D eigenvalue weighted by Gasteiger charge is 2.94. The lowest BCUT2D eigenvalue weighted by Gasteiger charge is -2.41. The van der Waals surface area contributed by atoms with Gasteiger partial charge in [0.1, 0.15) is 0 Å². The van der Waals surface area contributed by atoms with Gasteiger partial charge in [-0.05, 0) is 34.7 Å². The van der Waals surface area contributed by atoms with Crippen LogP contribution in [0.2, 0.25) is 0 Å². The number of para-hydroxylation sites is 1. The third kappa shape index (κ3) is 3.95. The van der Waals surface area contributed by atoms with Gasteiger partial charge in [-0.3, -0.25) is 4.79 Å². The Hall–Kier alpha value is -1.63. The van der Waals surface area contributed by atoms with Crippen molar-refractivity contribution in [2.45, 2.75) is 41.7 Å². The van der Waals surface area contributed by atoms with Crippen LogP contribution in [0.4, 0.5) is 71.5 Å². The van der Waals surface area contributed by atoms with E-state index in [0.29, 0.717) is 0 Å². The molecule has 0 atom stereocenters. The van der Waals surface area contributed by atoms with Crippen molar-refractivity contribution in [1.29, 1.82) is 0 Å². The molecule has 0 bridgehead atoms. The standard InChI is InChI=1S/C14H5F15INO/c15-8(16,7(32)31-6-4-2-1-3-5(6)30)9(17,18)10(19,20)11(21,22)12(23,24)13(25,26)14(27,28)29/h1-4H,(H,31,32). The number of hydrogen-bond acceptors (Lipinski definition) is 1. The average molecular weight is 615 g/mol. The number of anilines is 1. The number of carbonyl (C=O) groups is 1. The van der Waals surface area contributed by atoms with Gasteiger partial charge >= 0.3 is 47.6 Å². The van der Waals surface area contributed by atoms with Crippen LogP contribution in [0.25, 0.3) is 0 Å². The second-order valence-corrected chi connectivity index (χ2v) is 7.04. The number of hydrogen-bond donors (Lipinski definition) is 1. The molecule has 2 nitrogen and oxygen atoms in total. The molecule has 0 aromatic heterocycles. The summed E-state index contributed by atoms with van der Waals surface area (Å²) in [6, 6.07) is 3.94. The molecule has 32 heavy (non-hydrogen) atoms. The predicted molar refractivity (Wildman–Crippen MR) is 83.5 cm³/mol. The van der Waals surface area contributed by atoms with E-state index >= 15 is 0 Å². The molecule has 0 aliphatic carbocycles. The van der Waals surface area contributed by atoms with E-state index in [1.807, 2.05) is 0 Å². The SMILES string of the molecule is O=C(Nc1ccccc1I)C(F)(F)C(F)(F)C(F)(F)C(F)(F)C(F)(F)C(F)(F)C(F)(F)F. The molecule has 1 rings (SSSR count). The minimum absolute atomic E-state index is 0.203. The topological polar surface area (TPSA) is 29.1 Å². The van der Waals surface area contributed by atoms with E-state index in [-0.39, 0.29) is 3.57 Å². The van der Waals surface area contributed by atoms with Crippen LogP contribution < -0.4 is 5.32 Å². The van der Waals surface area contributed by atoms with Crippen molar-refractivity contribution in [1.82, 2.24) is 0 Å². The second kappa shape index (κ2) is 8.00. The first kappa shape index (κ1) is 28.4. The van der Waals surface area contributed by atoms with Gasteiger partial charge in [0.2, 0.25) is 0 Å². The van der Waals surface area contributed by atoms with Gasteiger partial charge in [0, 0.05) is 3.57 Å². The highest BCUT2D eigenvalue weighted by atomic mass is 127. The van der Waals surface area contributed by atoms with Gasteiger partial charge in [0.25, 0.3) is 0 Å². The normalized spacial score (nSPS) is 15.0. The molecule has 18 heteroatoms. The van der Waals surface area contributed by atoms with E-state index in [2.05, 4.69) is 0 Å². The van der Waals surface area contributed by atoms with E-state index in [1.165, 1.54) is 28.7 Å². The minimum Gasteiger partial charge on any atom is -0.320 e. The molecule has 1 aromatic rings. The Kier molecular flexibility index (Phi) is 7.10.